The van der Waals surface area contributed by atoms with Crippen molar-refractivity contribution in [2.24, 2.45) is 53.3 Å². The van der Waals surface area contributed by atoms with Crippen LogP contribution < -0.4 is 0 Å². The van der Waals surface area contributed by atoms with Gasteiger partial charge in [-0.05, 0) is 55.8 Å². The molecule has 62 heavy (non-hydrogen) atoms. The van der Waals surface area contributed by atoms with Gasteiger partial charge in [0.1, 0.15) is 0 Å². The number of aliphatic hydroxyl groups excluding tert-OH is 4. The van der Waals surface area contributed by atoms with Crippen molar-refractivity contribution >= 4 is 23.1 Å². The normalized spacial score (nSPS) is 14.0. The molecule has 0 amide bonds. The van der Waals surface area contributed by atoms with E-state index in [-0.39, 0.29) is 156 Å². The quantitative estimate of drug-likeness (QED) is 0.0522. The fourth-order valence-corrected chi connectivity index (χ4v) is 5.38. The molecule has 0 aromatic carbocycles. The Balaban J connectivity index is -0.000000102. The van der Waals surface area contributed by atoms with Gasteiger partial charge in [-0.25, -0.2) is 0 Å². The number of allylic oxidation sites excluding steroid dienone is 8. The molecule has 0 aliphatic rings. The largest absolute Gasteiger partial charge is 0.512 e. The number of hydrogen-bond donors (Lipinski definition) is 4. The van der Waals surface area contributed by atoms with Crippen LogP contribution in [0, 0.1) is 53.3 Å². The zero-order valence-corrected chi connectivity index (χ0v) is 51.3. The summed E-state index contributed by atoms with van der Waals surface area (Å²) in [5.74, 6) is 3.35. The van der Waals surface area contributed by atoms with E-state index >= 15 is 0 Å². The first-order valence-corrected chi connectivity index (χ1v) is 22.5. The summed E-state index contributed by atoms with van der Waals surface area (Å²) < 4.78 is 0. The molecule has 4 N–H and O–H groups in total. The molecule has 4 radical (unpaired) electrons. The number of ketones is 4. The zero-order chi connectivity index (χ0) is 46.1. The molecular weight excluding hydrogens is 1500 g/mol. The molecule has 0 heterocycles. The van der Waals surface area contributed by atoms with Gasteiger partial charge in [0.2, 0.25) is 0 Å². The maximum Gasteiger partial charge on any atom is 0.161 e. The second-order valence-electron chi connectivity index (χ2n) is 18.1. The molecule has 0 bridgehead atoms. The van der Waals surface area contributed by atoms with Crippen LogP contribution in [-0.2, 0) is 99.6 Å². The van der Waals surface area contributed by atoms with Crippen molar-refractivity contribution < 1.29 is 120 Å². The molecule has 12 heteroatoms. The third-order valence-corrected chi connectivity index (χ3v) is 9.62. The third-order valence-electron chi connectivity index (χ3n) is 9.62. The van der Waals surface area contributed by atoms with Crippen molar-refractivity contribution in [2.45, 2.75) is 195 Å². The molecule has 5 atom stereocenters. The summed E-state index contributed by atoms with van der Waals surface area (Å²) in [5, 5.41) is 38.5. The second kappa shape index (κ2) is 48.4. The average Bonchev–Trinajstić information content (AvgIpc) is 3.11. The SMILES string of the molecule is CC(C)CC(=O)C=C(O)C(C)CC(C)C.CCC(=O)C=C(O)C(C)CCC(C)C.CCCC(C)C(O)=CC(=O)CC(C)C.CCCCC(C)C(O)=CC(=O)C(C)CC.[Ir].[Ir].[Ir].[Ir]. The molecule has 0 saturated heterocycles. The molecule has 0 aliphatic heterocycles. The van der Waals surface area contributed by atoms with E-state index in [0.29, 0.717) is 42.9 Å². The Labute approximate surface area is 435 Å². The number of rotatable bonds is 25. The van der Waals surface area contributed by atoms with Gasteiger partial charge in [0.25, 0.3) is 0 Å². The molecular formula is C50H92Ir4O8. The maximum absolute atomic E-state index is 11.5. The molecule has 8 nitrogen and oxygen atoms in total. The van der Waals surface area contributed by atoms with Crippen LogP contribution >= 0.6 is 0 Å². The van der Waals surface area contributed by atoms with Crippen LogP contribution in [0.3, 0.4) is 0 Å². The summed E-state index contributed by atoms with van der Waals surface area (Å²) in [6.45, 7) is 34.2. The van der Waals surface area contributed by atoms with Crippen LogP contribution in [0.1, 0.15) is 195 Å². The van der Waals surface area contributed by atoms with Crippen LogP contribution in [-0.4, -0.2) is 43.6 Å². The molecule has 0 saturated carbocycles. The number of aliphatic hydroxyl groups is 4. The summed E-state index contributed by atoms with van der Waals surface area (Å²) in [5.41, 5.74) is 0. The van der Waals surface area contributed by atoms with E-state index in [0.717, 1.165) is 57.8 Å². The van der Waals surface area contributed by atoms with Gasteiger partial charge in [-0.15, -0.1) is 0 Å². The summed E-state index contributed by atoms with van der Waals surface area (Å²) in [6, 6.07) is 0. The summed E-state index contributed by atoms with van der Waals surface area (Å²) in [4.78, 5) is 45.3. The van der Waals surface area contributed by atoms with Crippen molar-refractivity contribution in [3.05, 3.63) is 47.3 Å². The molecule has 0 aliphatic carbocycles. The minimum absolute atomic E-state index is 0. The number of hydrogen-bond acceptors (Lipinski definition) is 8. The molecule has 0 aromatic heterocycles. The Morgan fingerprint density at radius 2 is 0.774 bits per heavy atom. The fraction of sp³-hybridized carbons (Fsp3) is 0.760. The number of unbranched alkanes of at least 4 members (excludes halogenated alkanes) is 1. The van der Waals surface area contributed by atoms with E-state index in [9.17, 15) is 39.6 Å². The summed E-state index contributed by atoms with van der Waals surface area (Å²) >= 11 is 0. The van der Waals surface area contributed by atoms with Crippen molar-refractivity contribution in [3.63, 3.8) is 0 Å². The van der Waals surface area contributed by atoms with Gasteiger partial charge in [-0.1, -0.05) is 143 Å². The van der Waals surface area contributed by atoms with E-state index in [4.69, 9.17) is 0 Å². The predicted molar refractivity (Wildman–Crippen MR) is 246 cm³/mol. The second-order valence-corrected chi connectivity index (χ2v) is 18.1. The van der Waals surface area contributed by atoms with Gasteiger partial charge in [0, 0.05) is 154 Å². The van der Waals surface area contributed by atoms with Gasteiger partial charge in [0.05, 0.1) is 23.0 Å². The van der Waals surface area contributed by atoms with E-state index in [2.05, 4.69) is 41.5 Å². The fourth-order valence-electron chi connectivity index (χ4n) is 5.38. The molecule has 0 rings (SSSR count). The van der Waals surface area contributed by atoms with Crippen LogP contribution in [0.2, 0.25) is 0 Å². The van der Waals surface area contributed by atoms with E-state index in [1.807, 2.05) is 69.2 Å². The summed E-state index contributed by atoms with van der Waals surface area (Å²) in [7, 11) is 0. The van der Waals surface area contributed by atoms with Crippen LogP contribution in [0.5, 0.6) is 0 Å². The summed E-state index contributed by atoms with van der Waals surface area (Å²) in [6.07, 6.45) is 15.9. The monoisotopic (exact) mass is 1590 g/mol. The first kappa shape index (κ1) is 78.6. The van der Waals surface area contributed by atoms with Crippen LogP contribution in [0.25, 0.3) is 0 Å². The molecule has 376 valence electrons. The zero-order valence-electron chi connectivity index (χ0n) is 41.7. The minimum Gasteiger partial charge on any atom is -0.512 e. The Morgan fingerprint density at radius 1 is 0.403 bits per heavy atom. The number of carbonyl (C=O) groups excluding carboxylic acids is 4. The van der Waals surface area contributed by atoms with E-state index in [1.165, 1.54) is 24.3 Å². The Hall–Kier alpha value is -0.563. The Kier molecular flexibility index (Phi) is 61.3. The van der Waals surface area contributed by atoms with Crippen molar-refractivity contribution in [2.75, 3.05) is 0 Å². The smallest absolute Gasteiger partial charge is 0.161 e. The van der Waals surface area contributed by atoms with Gasteiger partial charge in [0.15, 0.2) is 23.1 Å². The molecule has 0 aromatic rings. The standard InChI is InChI=1S/2C13H24O2.2C12H22O2.4Ir/c1-9(2)6-11(5)13(15)8-12(14)7-10(3)4;1-5-7-8-11(4)13(15)9-12(14)10(3)6-2;1-5-11(13)8-12(14)10(4)7-6-9(2)3;1-5-6-10(4)12(14)8-11(13)7-9(2)3;;;;/h8-11,15H,6-7H2,1-5H3;9-11,15H,5-8H2,1-4H3;2*8-10,14H,5-7H2,1-4H3;;;;. The average molecular weight is 1590 g/mol. The van der Waals surface area contributed by atoms with Crippen molar-refractivity contribution in [1.29, 1.82) is 0 Å². The van der Waals surface area contributed by atoms with Gasteiger partial charge < -0.3 is 20.4 Å². The Morgan fingerprint density at radius 3 is 1.11 bits per heavy atom. The minimum atomic E-state index is -0.00102. The molecule has 0 fully saturated rings. The first-order chi connectivity index (χ1) is 26.8. The van der Waals surface area contributed by atoms with Crippen LogP contribution in [0.4, 0.5) is 0 Å². The van der Waals surface area contributed by atoms with Gasteiger partial charge in [-0.3, -0.25) is 19.2 Å². The molecule has 0 spiro atoms. The van der Waals surface area contributed by atoms with Crippen molar-refractivity contribution in [3.8, 4) is 0 Å². The Bertz CT molecular complexity index is 1260. The van der Waals surface area contributed by atoms with E-state index < -0.39 is 0 Å². The van der Waals surface area contributed by atoms with Gasteiger partial charge >= 0.3 is 0 Å². The maximum atomic E-state index is 11.5. The first-order valence-electron chi connectivity index (χ1n) is 22.5. The topological polar surface area (TPSA) is 149 Å². The van der Waals surface area contributed by atoms with Crippen molar-refractivity contribution in [1.82, 2.24) is 0 Å². The van der Waals surface area contributed by atoms with E-state index in [1.54, 1.807) is 6.92 Å². The molecule has 5 unspecified atom stereocenters. The van der Waals surface area contributed by atoms with Crippen LogP contribution in [0.15, 0.2) is 47.3 Å². The van der Waals surface area contributed by atoms with Gasteiger partial charge in [-0.2, -0.15) is 0 Å². The third kappa shape index (κ3) is 50.4. The predicted octanol–water partition coefficient (Wildman–Crippen LogP) is 14.5. The number of carbonyl (C=O) groups is 4.